The third-order valence-corrected chi connectivity index (χ3v) is 8.61. The largest absolute Gasteiger partial charge is 0.493 e. The van der Waals surface area contributed by atoms with E-state index in [0.717, 1.165) is 22.8 Å². The zero-order valence-corrected chi connectivity index (χ0v) is 21.6. The normalized spacial score (nSPS) is 19.6. The number of benzene rings is 3. The summed E-state index contributed by atoms with van der Waals surface area (Å²) >= 11 is 0. The molecule has 1 aliphatic rings. The molecule has 0 bridgehead atoms. The summed E-state index contributed by atoms with van der Waals surface area (Å²) in [5.74, 6) is 0.0794. The number of ether oxygens (including phenoxy) is 3. The van der Waals surface area contributed by atoms with Crippen LogP contribution in [0.5, 0.6) is 11.5 Å². The number of esters is 1. The van der Waals surface area contributed by atoms with Crippen LogP contribution in [0.2, 0.25) is 0 Å². The molecule has 1 aliphatic heterocycles. The number of methoxy groups -OCH3 is 2. The van der Waals surface area contributed by atoms with Crippen LogP contribution < -0.4 is 15.2 Å². The summed E-state index contributed by atoms with van der Waals surface area (Å²) < 4.78 is 44.9. The lowest BCUT2D eigenvalue weighted by Crippen LogP contribution is -2.56. The van der Waals surface area contributed by atoms with Crippen molar-refractivity contribution in [2.24, 2.45) is 5.73 Å². The Morgan fingerprint density at radius 1 is 1.00 bits per heavy atom. The van der Waals surface area contributed by atoms with E-state index in [9.17, 15) is 13.2 Å². The second kappa shape index (κ2) is 10.5. The van der Waals surface area contributed by atoms with Gasteiger partial charge in [-0.2, -0.15) is 4.31 Å². The first-order valence-corrected chi connectivity index (χ1v) is 13.3. The minimum absolute atomic E-state index is 0.0322. The Bertz CT molecular complexity index is 1360. The Balaban J connectivity index is 1.54. The summed E-state index contributed by atoms with van der Waals surface area (Å²) in [4.78, 5) is 13.1. The fraction of sp³-hybridized carbons (Fsp3) is 0.370. The van der Waals surface area contributed by atoms with Crippen LogP contribution in [-0.4, -0.2) is 51.2 Å². The number of sulfonamides is 1. The zero-order chi connectivity index (χ0) is 25.9. The highest BCUT2D eigenvalue weighted by atomic mass is 32.2. The molecule has 1 heterocycles. The molecule has 3 aromatic carbocycles. The van der Waals surface area contributed by atoms with E-state index in [2.05, 4.69) is 0 Å². The maximum absolute atomic E-state index is 13.6. The van der Waals surface area contributed by atoms with Crippen LogP contribution in [0.15, 0.2) is 65.6 Å². The highest BCUT2D eigenvalue weighted by molar-refractivity contribution is 7.89. The molecule has 4 rings (SSSR count). The Labute approximate surface area is 212 Å². The molecule has 1 saturated heterocycles. The van der Waals surface area contributed by atoms with Gasteiger partial charge >= 0.3 is 5.97 Å². The monoisotopic (exact) mass is 512 g/mol. The Morgan fingerprint density at radius 3 is 2.44 bits per heavy atom. The predicted molar refractivity (Wildman–Crippen MR) is 137 cm³/mol. The number of piperidine rings is 1. The van der Waals surface area contributed by atoms with Gasteiger partial charge in [0.25, 0.3) is 0 Å². The molecule has 0 aromatic heterocycles. The number of fused-ring (bicyclic) bond motifs is 1. The highest BCUT2D eigenvalue weighted by Crippen LogP contribution is 2.37. The van der Waals surface area contributed by atoms with Gasteiger partial charge in [0.2, 0.25) is 10.0 Å². The van der Waals surface area contributed by atoms with Crippen molar-refractivity contribution >= 4 is 26.8 Å². The SMILES string of the molecule is COc1ccc(S(=O)(=O)N2CCCCC2(C)OC(=O)[C@@H](N)Cc2ccc3ccccc3c2)cc1OC. The molecule has 8 nitrogen and oxygen atoms in total. The van der Waals surface area contributed by atoms with Gasteiger partial charge in [0.1, 0.15) is 6.04 Å². The maximum atomic E-state index is 13.6. The van der Waals surface area contributed by atoms with Crippen molar-refractivity contribution in [1.82, 2.24) is 4.31 Å². The van der Waals surface area contributed by atoms with E-state index in [1.54, 1.807) is 13.0 Å². The van der Waals surface area contributed by atoms with Gasteiger partial charge < -0.3 is 19.9 Å². The lowest BCUT2D eigenvalue weighted by atomic mass is 10.0. The minimum Gasteiger partial charge on any atom is -0.493 e. The van der Waals surface area contributed by atoms with Crippen molar-refractivity contribution in [1.29, 1.82) is 0 Å². The van der Waals surface area contributed by atoms with Gasteiger partial charge in [-0.15, -0.1) is 0 Å². The number of carbonyl (C=O) groups is 1. The number of nitrogens with two attached hydrogens (primary N) is 1. The topological polar surface area (TPSA) is 108 Å². The van der Waals surface area contributed by atoms with Crippen LogP contribution in [0.3, 0.4) is 0 Å². The fourth-order valence-corrected chi connectivity index (χ4v) is 6.40. The van der Waals surface area contributed by atoms with Gasteiger partial charge in [-0.25, -0.2) is 8.42 Å². The summed E-state index contributed by atoms with van der Waals surface area (Å²) in [7, 11) is -1.08. The minimum atomic E-state index is -4.00. The van der Waals surface area contributed by atoms with Gasteiger partial charge in [0.05, 0.1) is 19.1 Å². The first kappa shape index (κ1) is 25.9. The molecule has 0 spiro atoms. The van der Waals surface area contributed by atoms with Crippen molar-refractivity contribution in [3.8, 4) is 11.5 Å². The van der Waals surface area contributed by atoms with Gasteiger partial charge in [-0.1, -0.05) is 42.5 Å². The standard InChI is InChI=1S/C27H32N2O6S/c1-27(35-26(30)23(28)17-19-10-11-20-8-4-5-9-21(20)16-19)14-6-7-15-29(27)36(31,32)22-12-13-24(33-2)25(18-22)34-3/h4-5,8-13,16,18,23H,6-7,14-15,17,28H2,1-3H3/t23-,27?/m0/s1. The number of nitrogens with zero attached hydrogens (tertiary/aromatic N) is 1. The molecule has 36 heavy (non-hydrogen) atoms. The smallest absolute Gasteiger partial charge is 0.325 e. The molecular weight excluding hydrogens is 480 g/mol. The number of hydrogen-bond acceptors (Lipinski definition) is 7. The summed E-state index contributed by atoms with van der Waals surface area (Å²) in [5.41, 5.74) is 5.78. The lowest BCUT2D eigenvalue weighted by molar-refractivity contribution is -0.177. The molecule has 3 aromatic rings. The van der Waals surface area contributed by atoms with Gasteiger partial charge in [-0.05, 0) is 54.7 Å². The molecular formula is C27H32N2O6S. The average molecular weight is 513 g/mol. The molecule has 2 atom stereocenters. The molecule has 1 fully saturated rings. The van der Waals surface area contributed by atoms with E-state index >= 15 is 0 Å². The number of hydrogen-bond donors (Lipinski definition) is 1. The molecule has 9 heteroatoms. The first-order chi connectivity index (χ1) is 17.2. The predicted octanol–water partition coefficient (Wildman–Crippen LogP) is 3.86. The Hall–Kier alpha value is -3.14. The fourth-order valence-electron chi connectivity index (χ4n) is 4.65. The molecule has 0 amide bonds. The third kappa shape index (κ3) is 5.18. The van der Waals surface area contributed by atoms with Crippen molar-refractivity contribution < 1.29 is 27.4 Å². The van der Waals surface area contributed by atoms with E-state index < -0.39 is 27.8 Å². The van der Waals surface area contributed by atoms with Crippen LogP contribution in [-0.2, 0) is 26.0 Å². The van der Waals surface area contributed by atoms with Crippen molar-refractivity contribution in [2.45, 2.75) is 49.3 Å². The first-order valence-electron chi connectivity index (χ1n) is 11.9. The summed E-state index contributed by atoms with van der Waals surface area (Å²) in [6.07, 6.45) is 2.03. The van der Waals surface area contributed by atoms with E-state index in [-0.39, 0.29) is 17.9 Å². The second-order valence-electron chi connectivity index (χ2n) is 9.14. The number of carbonyl (C=O) groups excluding carboxylic acids is 1. The van der Waals surface area contributed by atoms with Crippen LogP contribution in [0, 0.1) is 0 Å². The van der Waals surface area contributed by atoms with Crippen molar-refractivity contribution in [3.05, 3.63) is 66.2 Å². The van der Waals surface area contributed by atoms with Crippen molar-refractivity contribution in [3.63, 3.8) is 0 Å². The molecule has 192 valence electrons. The van der Waals surface area contributed by atoms with Crippen LogP contribution in [0.4, 0.5) is 0 Å². The summed E-state index contributed by atoms with van der Waals surface area (Å²) in [5, 5.41) is 2.16. The zero-order valence-electron chi connectivity index (χ0n) is 20.8. The third-order valence-electron chi connectivity index (χ3n) is 6.62. The van der Waals surface area contributed by atoms with Gasteiger partial charge in [-0.3, -0.25) is 4.79 Å². The summed E-state index contributed by atoms with van der Waals surface area (Å²) in [6, 6.07) is 17.3. The molecule has 2 N–H and O–H groups in total. The van der Waals surface area contributed by atoms with Gasteiger partial charge in [0.15, 0.2) is 17.2 Å². The van der Waals surface area contributed by atoms with Gasteiger partial charge in [0, 0.05) is 19.0 Å². The van der Waals surface area contributed by atoms with E-state index in [4.69, 9.17) is 19.9 Å². The van der Waals surface area contributed by atoms with Crippen molar-refractivity contribution in [2.75, 3.05) is 20.8 Å². The molecule has 0 saturated carbocycles. The van der Waals surface area contributed by atoms with Crippen LogP contribution in [0.25, 0.3) is 10.8 Å². The lowest BCUT2D eigenvalue weighted by Gasteiger charge is -2.43. The molecule has 0 radical (unpaired) electrons. The molecule has 1 unspecified atom stereocenters. The van der Waals surface area contributed by atoms with Crippen LogP contribution >= 0.6 is 0 Å². The Kier molecular flexibility index (Phi) is 7.54. The Morgan fingerprint density at radius 2 is 1.72 bits per heavy atom. The quantitative estimate of drug-likeness (QED) is 0.457. The highest BCUT2D eigenvalue weighted by Gasteiger charge is 2.46. The molecule has 0 aliphatic carbocycles. The maximum Gasteiger partial charge on any atom is 0.325 e. The summed E-state index contributed by atoms with van der Waals surface area (Å²) in [6.45, 7) is 1.85. The average Bonchev–Trinajstić information content (AvgIpc) is 2.88. The van der Waals surface area contributed by atoms with E-state index in [0.29, 0.717) is 24.3 Å². The van der Waals surface area contributed by atoms with E-state index in [1.807, 2.05) is 42.5 Å². The van der Waals surface area contributed by atoms with Crippen LogP contribution in [0.1, 0.15) is 31.7 Å². The number of rotatable bonds is 8. The van der Waals surface area contributed by atoms with E-state index in [1.165, 1.54) is 30.7 Å². The second-order valence-corrected chi connectivity index (χ2v) is 11.0.